The maximum atomic E-state index is 11.5. The van der Waals surface area contributed by atoms with E-state index in [9.17, 15) is 4.79 Å². The van der Waals surface area contributed by atoms with E-state index in [0.717, 1.165) is 24.5 Å². The highest BCUT2D eigenvalue weighted by Crippen LogP contribution is 2.31. The molecule has 0 aliphatic carbocycles. The molecule has 0 aliphatic heterocycles. The first-order chi connectivity index (χ1) is 9.51. The van der Waals surface area contributed by atoms with Gasteiger partial charge in [0.2, 0.25) is 0 Å². The molecular formula is C14H21ClN2O3. The number of nitrogens with zero attached hydrogens (tertiary/aromatic N) is 1. The number of methoxy groups -OCH3 is 1. The summed E-state index contributed by atoms with van der Waals surface area (Å²) in [6.07, 6.45) is -0.580. The molecule has 0 fully saturated rings. The van der Waals surface area contributed by atoms with Crippen LogP contribution in [0.4, 0.5) is 16.2 Å². The molecule has 6 heteroatoms. The first-order valence-corrected chi connectivity index (χ1v) is 7.00. The van der Waals surface area contributed by atoms with Gasteiger partial charge in [0.05, 0.1) is 12.8 Å². The van der Waals surface area contributed by atoms with Gasteiger partial charge in [-0.1, -0.05) is 11.6 Å². The number of nitrogens with one attached hydrogen (secondary N) is 1. The van der Waals surface area contributed by atoms with E-state index in [0.29, 0.717) is 5.69 Å². The van der Waals surface area contributed by atoms with E-state index in [1.807, 2.05) is 12.1 Å². The molecule has 1 atom stereocenters. The van der Waals surface area contributed by atoms with Gasteiger partial charge in [0.1, 0.15) is 5.75 Å². The minimum Gasteiger partial charge on any atom is -0.495 e. The minimum atomic E-state index is -0.671. The molecule has 0 bridgehead atoms. The van der Waals surface area contributed by atoms with Gasteiger partial charge in [0.25, 0.3) is 0 Å². The molecule has 5 nitrogen and oxygen atoms in total. The van der Waals surface area contributed by atoms with Crippen molar-refractivity contribution >= 4 is 29.1 Å². The number of hydrogen-bond acceptors (Lipinski definition) is 4. The topological polar surface area (TPSA) is 50.8 Å². The third kappa shape index (κ3) is 4.49. The van der Waals surface area contributed by atoms with Crippen molar-refractivity contribution in [3.05, 3.63) is 18.2 Å². The lowest BCUT2D eigenvalue weighted by Crippen LogP contribution is -2.23. The zero-order valence-corrected chi connectivity index (χ0v) is 13.0. The number of hydrogen-bond donors (Lipinski definition) is 1. The van der Waals surface area contributed by atoms with Crippen LogP contribution in [0.3, 0.4) is 0 Å². The van der Waals surface area contributed by atoms with Crippen LogP contribution in [-0.2, 0) is 4.74 Å². The van der Waals surface area contributed by atoms with Crippen molar-refractivity contribution < 1.29 is 14.3 Å². The Morgan fingerprint density at radius 1 is 1.40 bits per heavy atom. The van der Waals surface area contributed by atoms with Crippen LogP contribution in [0.1, 0.15) is 20.8 Å². The average molecular weight is 301 g/mol. The molecule has 1 unspecified atom stereocenters. The molecule has 0 aromatic heterocycles. The number of carbonyl (C=O) groups excluding carboxylic acids is 1. The summed E-state index contributed by atoms with van der Waals surface area (Å²) in [6.45, 7) is 7.40. The number of benzene rings is 1. The molecule has 1 rings (SSSR count). The summed E-state index contributed by atoms with van der Waals surface area (Å²) in [4.78, 5) is 13.7. The monoisotopic (exact) mass is 300 g/mol. The summed E-state index contributed by atoms with van der Waals surface area (Å²) in [5.41, 5.74) is 0.889. The number of amides is 1. The largest absolute Gasteiger partial charge is 0.495 e. The van der Waals surface area contributed by atoms with E-state index in [1.54, 1.807) is 20.1 Å². The van der Waals surface area contributed by atoms with Gasteiger partial charge in [-0.05, 0) is 39.0 Å². The molecule has 1 amide bonds. The van der Waals surface area contributed by atoms with E-state index < -0.39 is 11.7 Å². The van der Waals surface area contributed by atoms with Crippen molar-refractivity contribution in [2.24, 2.45) is 0 Å². The van der Waals surface area contributed by atoms with Crippen molar-refractivity contribution in [1.29, 1.82) is 0 Å². The molecule has 0 saturated heterocycles. The number of alkyl halides is 1. The standard InChI is InChI=1S/C14H21ClN2O3/c1-5-17(6-2)12-9-11(7-8-13(12)19-4)16-14(18)20-10(3)15/h7-10H,5-6H2,1-4H3,(H,16,18). The Labute approximate surface area is 124 Å². The van der Waals surface area contributed by atoms with Crippen LogP contribution < -0.4 is 15.0 Å². The van der Waals surface area contributed by atoms with Crippen LogP contribution in [0, 0.1) is 0 Å². The molecular weight excluding hydrogens is 280 g/mol. The lowest BCUT2D eigenvalue weighted by molar-refractivity contribution is 0.154. The van der Waals surface area contributed by atoms with E-state index in [2.05, 4.69) is 24.1 Å². The SMILES string of the molecule is CCN(CC)c1cc(NC(=O)OC(C)Cl)ccc1OC. The van der Waals surface area contributed by atoms with E-state index in [-0.39, 0.29) is 0 Å². The average Bonchev–Trinajstić information content (AvgIpc) is 2.39. The lowest BCUT2D eigenvalue weighted by atomic mass is 10.2. The summed E-state index contributed by atoms with van der Waals surface area (Å²) >= 11 is 5.60. The Balaban J connectivity index is 2.94. The molecule has 0 aliphatic rings. The normalized spacial score (nSPS) is 11.7. The van der Waals surface area contributed by atoms with Crippen LogP contribution in [0.15, 0.2) is 18.2 Å². The van der Waals surface area contributed by atoms with Crippen LogP contribution in [0.25, 0.3) is 0 Å². The summed E-state index contributed by atoms with van der Waals surface area (Å²) in [5.74, 6) is 0.762. The summed E-state index contributed by atoms with van der Waals surface area (Å²) in [6, 6.07) is 5.42. The second-order valence-corrected chi connectivity index (χ2v) is 4.75. The Morgan fingerprint density at radius 2 is 2.05 bits per heavy atom. The van der Waals surface area contributed by atoms with Gasteiger partial charge in [-0.15, -0.1) is 0 Å². The van der Waals surface area contributed by atoms with Crippen LogP contribution in [0.2, 0.25) is 0 Å². The van der Waals surface area contributed by atoms with Gasteiger partial charge >= 0.3 is 6.09 Å². The summed E-state index contributed by atoms with van der Waals surface area (Å²) < 4.78 is 10.2. The van der Waals surface area contributed by atoms with Gasteiger partial charge in [-0.25, -0.2) is 4.79 Å². The molecule has 0 radical (unpaired) electrons. The Bertz CT molecular complexity index is 448. The number of anilines is 2. The second-order valence-electron chi connectivity index (χ2n) is 4.13. The van der Waals surface area contributed by atoms with Gasteiger partial charge in [0.15, 0.2) is 5.56 Å². The van der Waals surface area contributed by atoms with Gasteiger partial charge in [-0.3, -0.25) is 5.32 Å². The molecule has 112 valence electrons. The van der Waals surface area contributed by atoms with Crippen molar-refractivity contribution in [3.8, 4) is 5.75 Å². The fraction of sp³-hybridized carbons (Fsp3) is 0.500. The quantitative estimate of drug-likeness (QED) is 0.814. The summed E-state index contributed by atoms with van der Waals surface area (Å²) in [7, 11) is 1.62. The molecule has 1 N–H and O–H groups in total. The van der Waals surface area contributed by atoms with Crippen molar-refractivity contribution in [3.63, 3.8) is 0 Å². The Morgan fingerprint density at radius 3 is 2.55 bits per heavy atom. The van der Waals surface area contributed by atoms with Gasteiger partial charge in [-0.2, -0.15) is 0 Å². The molecule has 0 spiro atoms. The van der Waals surface area contributed by atoms with E-state index >= 15 is 0 Å². The minimum absolute atomic E-state index is 0.580. The highest BCUT2D eigenvalue weighted by molar-refractivity contribution is 6.20. The van der Waals surface area contributed by atoms with Gasteiger partial charge in [0, 0.05) is 18.8 Å². The molecule has 20 heavy (non-hydrogen) atoms. The third-order valence-corrected chi connectivity index (χ3v) is 2.89. The zero-order valence-electron chi connectivity index (χ0n) is 12.3. The maximum Gasteiger partial charge on any atom is 0.413 e. The second kappa shape index (κ2) is 7.85. The Kier molecular flexibility index (Phi) is 6.45. The highest BCUT2D eigenvalue weighted by Gasteiger charge is 2.12. The first kappa shape index (κ1) is 16.4. The smallest absolute Gasteiger partial charge is 0.413 e. The van der Waals surface area contributed by atoms with E-state index in [1.165, 1.54) is 0 Å². The predicted octanol–water partition coefficient (Wildman–Crippen LogP) is 3.67. The number of ether oxygens (including phenoxy) is 2. The molecule has 1 aromatic carbocycles. The van der Waals surface area contributed by atoms with Crippen molar-refractivity contribution in [2.45, 2.75) is 26.3 Å². The van der Waals surface area contributed by atoms with Crippen LogP contribution >= 0.6 is 11.6 Å². The van der Waals surface area contributed by atoms with Crippen LogP contribution in [-0.4, -0.2) is 31.9 Å². The predicted molar refractivity (Wildman–Crippen MR) is 82.0 cm³/mol. The zero-order chi connectivity index (χ0) is 15.1. The molecule has 0 saturated carbocycles. The van der Waals surface area contributed by atoms with Crippen LogP contribution in [0.5, 0.6) is 5.75 Å². The molecule has 1 aromatic rings. The number of halogens is 1. The fourth-order valence-corrected chi connectivity index (χ4v) is 1.95. The fourth-order valence-electron chi connectivity index (χ4n) is 1.87. The van der Waals surface area contributed by atoms with Crippen molar-refractivity contribution in [2.75, 3.05) is 30.4 Å². The van der Waals surface area contributed by atoms with Gasteiger partial charge < -0.3 is 14.4 Å². The highest BCUT2D eigenvalue weighted by atomic mass is 35.5. The number of rotatable bonds is 6. The summed E-state index contributed by atoms with van der Waals surface area (Å²) in [5, 5.41) is 2.64. The first-order valence-electron chi connectivity index (χ1n) is 6.56. The lowest BCUT2D eigenvalue weighted by Gasteiger charge is -2.24. The third-order valence-electron chi connectivity index (χ3n) is 2.80. The van der Waals surface area contributed by atoms with Crippen molar-refractivity contribution in [1.82, 2.24) is 0 Å². The number of carbonyl (C=O) groups is 1. The maximum absolute atomic E-state index is 11.5. The molecule has 0 heterocycles. The van der Waals surface area contributed by atoms with E-state index in [4.69, 9.17) is 21.1 Å². The Hall–Kier alpha value is -1.62.